The third kappa shape index (κ3) is 3.61. The average molecular weight is 389 g/mol. The largest absolute Gasteiger partial charge is 0.497 e. The number of nitrogens with zero attached hydrogens (tertiary/aromatic N) is 1. The van der Waals surface area contributed by atoms with Crippen LogP contribution in [0.1, 0.15) is 31.2 Å². The molecule has 144 valence electrons. The summed E-state index contributed by atoms with van der Waals surface area (Å²) in [6.07, 6.45) is 3.89. The van der Waals surface area contributed by atoms with E-state index in [0.717, 1.165) is 31.2 Å². The first kappa shape index (κ1) is 18.1. The Labute approximate surface area is 159 Å². The van der Waals surface area contributed by atoms with Gasteiger partial charge in [-0.15, -0.1) is 0 Å². The van der Waals surface area contributed by atoms with E-state index in [4.69, 9.17) is 14.2 Å². The van der Waals surface area contributed by atoms with Crippen molar-refractivity contribution in [2.45, 2.75) is 43.2 Å². The van der Waals surface area contributed by atoms with Crippen molar-refractivity contribution < 1.29 is 22.6 Å². The van der Waals surface area contributed by atoms with Crippen molar-refractivity contribution in [3.63, 3.8) is 0 Å². The Bertz CT molecular complexity index is 904. The molecule has 0 spiro atoms. The van der Waals surface area contributed by atoms with Crippen LogP contribution >= 0.6 is 0 Å². The van der Waals surface area contributed by atoms with Crippen LogP contribution in [-0.4, -0.2) is 32.7 Å². The predicted octanol–water partition coefficient (Wildman–Crippen LogP) is 3.56. The molecule has 0 atom stereocenters. The molecule has 0 saturated heterocycles. The maximum atomic E-state index is 13.4. The van der Waals surface area contributed by atoms with Gasteiger partial charge < -0.3 is 14.2 Å². The lowest BCUT2D eigenvalue weighted by molar-refractivity contribution is 0.174. The molecule has 0 aromatic heterocycles. The third-order valence-electron chi connectivity index (χ3n) is 5.17. The molecule has 0 unspecified atom stereocenters. The fourth-order valence-corrected chi connectivity index (χ4v) is 5.38. The van der Waals surface area contributed by atoms with E-state index in [-0.39, 0.29) is 17.7 Å². The van der Waals surface area contributed by atoms with Crippen LogP contribution in [0.25, 0.3) is 0 Å². The molecule has 1 aliphatic heterocycles. The Morgan fingerprint density at radius 1 is 1.04 bits per heavy atom. The van der Waals surface area contributed by atoms with E-state index in [1.165, 1.54) is 0 Å². The molecule has 2 aromatic carbocycles. The fraction of sp³-hybridized carbons (Fsp3) is 0.400. The molecule has 2 aromatic rings. The van der Waals surface area contributed by atoms with Crippen LogP contribution in [0.15, 0.2) is 47.4 Å². The molecule has 4 rings (SSSR count). The van der Waals surface area contributed by atoms with E-state index in [1.807, 2.05) is 18.2 Å². The van der Waals surface area contributed by atoms with Gasteiger partial charge in [-0.2, -0.15) is 4.31 Å². The van der Waals surface area contributed by atoms with Crippen LogP contribution in [0, 0.1) is 0 Å². The van der Waals surface area contributed by atoms with Crippen LogP contribution in [0.5, 0.6) is 17.2 Å². The monoisotopic (exact) mass is 389 g/mol. The Morgan fingerprint density at radius 3 is 2.44 bits per heavy atom. The molecular formula is C20H23NO5S. The SMILES string of the molecule is COc1ccc(S(=O)(=O)N(Cc2ccc3c(c2)OCO3)C2CCCC2)cc1. The van der Waals surface area contributed by atoms with Gasteiger partial charge >= 0.3 is 0 Å². The van der Waals surface area contributed by atoms with Crippen molar-refractivity contribution in [2.75, 3.05) is 13.9 Å². The molecule has 0 N–H and O–H groups in total. The summed E-state index contributed by atoms with van der Waals surface area (Å²) in [5.41, 5.74) is 0.892. The maximum absolute atomic E-state index is 13.4. The summed E-state index contributed by atoms with van der Waals surface area (Å²) in [7, 11) is -2.05. The van der Waals surface area contributed by atoms with E-state index in [0.29, 0.717) is 23.8 Å². The Hall–Kier alpha value is -2.25. The smallest absolute Gasteiger partial charge is 0.243 e. The van der Waals surface area contributed by atoms with Crippen LogP contribution in [0.4, 0.5) is 0 Å². The number of ether oxygens (including phenoxy) is 3. The Morgan fingerprint density at radius 2 is 1.74 bits per heavy atom. The summed E-state index contributed by atoms with van der Waals surface area (Å²) in [5.74, 6) is 2.00. The molecule has 1 saturated carbocycles. The Kier molecular flexibility index (Phi) is 4.97. The molecule has 0 bridgehead atoms. The highest BCUT2D eigenvalue weighted by Crippen LogP contribution is 2.35. The van der Waals surface area contributed by atoms with Gasteiger partial charge in [-0.25, -0.2) is 8.42 Å². The number of hydrogen-bond donors (Lipinski definition) is 0. The molecule has 0 amide bonds. The van der Waals surface area contributed by atoms with Crippen LogP contribution in [0.2, 0.25) is 0 Å². The fourth-order valence-electron chi connectivity index (χ4n) is 3.70. The third-order valence-corrected chi connectivity index (χ3v) is 7.09. The lowest BCUT2D eigenvalue weighted by Gasteiger charge is -2.28. The summed E-state index contributed by atoms with van der Waals surface area (Å²) in [5, 5.41) is 0. The highest BCUT2D eigenvalue weighted by molar-refractivity contribution is 7.89. The minimum atomic E-state index is -3.62. The van der Waals surface area contributed by atoms with Gasteiger partial charge in [-0.05, 0) is 54.8 Å². The van der Waals surface area contributed by atoms with Gasteiger partial charge in [0.25, 0.3) is 0 Å². The maximum Gasteiger partial charge on any atom is 0.243 e. The van der Waals surface area contributed by atoms with Crippen LogP contribution in [-0.2, 0) is 16.6 Å². The number of methoxy groups -OCH3 is 1. The Balaban J connectivity index is 1.65. The van der Waals surface area contributed by atoms with Gasteiger partial charge in [0.15, 0.2) is 11.5 Å². The van der Waals surface area contributed by atoms with Crippen molar-refractivity contribution in [1.29, 1.82) is 0 Å². The van der Waals surface area contributed by atoms with Crippen molar-refractivity contribution >= 4 is 10.0 Å². The summed E-state index contributed by atoms with van der Waals surface area (Å²) >= 11 is 0. The second-order valence-corrected chi connectivity index (χ2v) is 8.74. The summed E-state index contributed by atoms with van der Waals surface area (Å²) in [6, 6.07) is 12.2. The lowest BCUT2D eigenvalue weighted by Crippen LogP contribution is -2.38. The molecule has 1 aliphatic carbocycles. The molecule has 27 heavy (non-hydrogen) atoms. The number of sulfonamides is 1. The molecule has 0 radical (unpaired) electrons. The van der Waals surface area contributed by atoms with Crippen molar-refractivity contribution in [2.24, 2.45) is 0 Å². The van der Waals surface area contributed by atoms with E-state index >= 15 is 0 Å². The first-order valence-electron chi connectivity index (χ1n) is 9.12. The van der Waals surface area contributed by atoms with Crippen molar-refractivity contribution in [3.05, 3.63) is 48.0 Å². The van der Waals surface area contributed by atoms with E-state index < -0.39 is 10.0 Å². The summed E-state index contributed by atoms with van der Waals surface area (Å²) in [6.45, 7) is 0.519. The minimum Gasteiger partial charge on any atom is -0.497 e. The zero-order valence-electron chi connectivity index (χ0n) is 15.3. The van der Waals surface area contributed by atoms with Crippen molar-refractivity contribution in [1.82, 2.24) is 4.31 Å². The van der Waals surface area contributed by atoms with Gasteiger partial charge in [0.1, 0.15) is 5.75 Å². The standard InChI is InChI=1S/C20H23NO5S/c1-24-17-7-9-18(10-8-17)27(22,23)21(16-4-2-3-5-16)13-15-6-11-19-20(12-15)26-14-25-19/h6-12,16H,2-5,13-14H2,1H3. The number of fused-ring (bicyclic) bond motifs is 1. The van der Waals surface area contributed by atoms with Crippen molar-refractivity contribution in [3.8, 4) is 17.2 Å². The molecule has 1 heterocycles. The van der Waals surface area contributed by atoms with Crippen LogP contribution < -0.4 is 14.2 Å². The highest BCUT2D eigenvalue weighted by atomic mass is 32.2. The van der Waals surface area contributed by atoms with Gasteiger partial charge in [0.2, 0.25) is 16.8 Å². The summed E-state index contributed by atoms with van der Waals surface area (Å²) in [4.78, 5) is 0.288. The van der Waals surface area contributed by atoms with Gasteiger partial charge in [-0.1, -0.05) is 18.9 Å². The molecular weight excluding hydrogens is 366 g/mol. The second kappa shape index (κ2) is 7.40. The van der Waals surface area contributed by atoms with Crippen LogP contribution in [0.3, 0.4) is 0 Å². The first-order valence-corrected chi connectivity index (χ1v) is 10.6. The van der Waals surface area contributed by atoms with Gasteiger partial charge in [0.05, 0.1) is 12.0 Å². The zero-order chi connectivity index (χ0) is 18.9. The average Bonchev–Trinajstić information content (AvgIpc) is 3.37. The van der Waals surface area contributed by atoms with E-state index in [1.54, 1.807) is 35.7 Å². The highest BCUT2D eigenvalue weighted by Gasteiger charge is 2.33. The molecule has 1 fully saturated rings. The number of hydrogen-bond acceptors (Lipinski definition) is 5. The predicted molar refractivity (Wildman–Crippen MR) is 101 cm³/mol. The topological polar surface area (TPSA) is 65.1 Å². The lowest BCUT2D eigenvalue weighted by atomic mass is 10.1. The van der Waals surface area contributed by atoms with E-state index in [9.17, 15) is 8.42 Å². The molecule has 6 nitrogen and oxygen atoms in total. The zero-order valence-corrected chi connectivity index (χ0v) is 16.1. The number of benzene rings is 2. The molecule has 7 heteroatoms. The van der Waals surface area contributed by atoms with Gasteiger partial charge in [-0.3, -0.25) is 0 Å². The number of rotatable bonds is 6. The summed E-state index contributed by atoms with van der Waals surface area (Å²) < 4.78 is 44.3. The minimum absolute atomic E-state index is 0.0162. The second-order valence-electron chi connectivity index (χ2n) is 6.85. The molecule has 2 aliphatic rings. The first-order chi connectivity index (χ1) is 13.1. The van der Waals surface area contributed by atoms with Gasteiger partial charge in [0, 0.05) is 12.6 Å². The van der Waals surface area contributed by atoms with E-state index in [2.05, 4.69) is 0 Å². The quantitative estimate of drug-likeness (QED) is 0.756. The normalized spacial score (nSPS) is 16.8.